The first-order valence-electron chi connectivity index (χ1n) is 9.71. The van der Waals surface area contributed by atoms with Gasteiger partial charge in [-0.1, -0.05) is 13.8 Å². The van der Waals surface area contributed by atoms with E-state index < -0.39 is 5.92 Å². The molecule has 0 N–H and O–H groups in total. The van der Waals surface area contributed by atoms with Crippen molar-refractivity contribution in [1.82, 2.24) is 0 Å². The van der Waals surface area contributed by atoms with E-state index in [1.54, 1.807) is 0 Å². The molecule has 0 radical (unpaired) electrons. The van der Waals surface area contributed by atoms with Crippen molar-refractivity contribution in [1.29, 1.82) is 0 Å². The Kier molecular flexibility index (Phi) is 3.66. The second-order valence-corrected chi connectivity index (χ2v) is 9.56. The summed E-state index contributed by atoms with van der Waals surface area (Å²) < 4.78 is 33.7. The van der Waals surface area contributed by atoms with E-state index in [-0.39, 0.29) is 24.2 Å². The van der Waals surface area contributed by atoms with Crippen molar-refractivity contribution in [2.75, 3.05) is 7.11 Å². The molecule has 0 saturated heterocycles. The van der Waals surface area contributed by atoms with Gasteiger partial charge in [-0.15, -0.1) is 0 Å². The van der Waals surface area contributed by atoms with Crippen molar-refractivity contribution in [3.8, 4) is 0 Å². The second kappa shape index (κ2) is 5.16. The third-order valence-corrected chi connectivity index (χ3v) is 8.84. The maximum Gasteiger partial charge on any atom is 0.248 e. The van der Waals surface area contributed by atoms with E-state index in [1.165, 1.54) is 32.1 Å². The predicted octanol–water partition coefficient (Wildman–Crippen LogP) is 5.68. The summed E-state index contributed by atoms with van der Waals surface area (Å²) >= 11 is 0. The zero-order chi connectivity index (χ0) is 16.5. The number of hydrogen-bond donors (Lipinski definition) is 0. The highest BCUT2D eigenvalue weighted by Crippen LogP contribution is 2.67. The maximum absolute atomic E-state index is 13.9. The zero-order valence-electron chi connectivity index (χ0n) is 14.9. The van der Waals surface area contributed by atoms with E-state index in [4.69, 9.17) is 4.74 Å². The molecular weight excluding hydrogens is 294 g/mol. The molecule has 7 atom stereocenters. The Bertz CT molecular complexity index is 478. The van der Waals surface area contributed by atoms with Gasteiger partial charge in [0.25, 0.3) is 0 Å². The normalized spacial score (nSPS) is 54.9. The average Bonchev–Trinajstić information content (AvgIpc) is 2.84. The molecule has 4 saturated carbocycles. The number of alkyl halides is 2. The van der Waals surface area contributed by atoms with E-state index in [0.717, 1.165) is 24.7 Å². The van der Waals surface area contributed by atoms with Crippen LogP contribution in [0.5, 0.6) is 0 Å². The number of halogens is 2. The fourth-order valence-electron chi connectivity index (χ4n) is 7.51. The monoisotopic (exact) mass is 326 g/mol. The first kappa shape index (κ1) is 16.3. The molecule has 4 rings (SSSR count). The lowest BCUT2D eigenvalue weighted by Gasteiger charge is -2.61. The SMILES string of the molecule is CO[C@H]1CCC2[C@@H]3CCC4CC(F)(F)CC[C@]4(C)C3CC[C@@]21C. The molecule has 4 fully saturated rings. The zero-order valence-corrected chi connectivity index (χ0v) is 14.9. The van der Waals surface area contributed by atoms with E-state index >= 15 is 0 Å². The molecule has 4 aliphatic carbocycles. The lowest BCUT2D eigenvalue weighted by atomic mass is 9.45. The van der Waals surface area contributed by atoms with Crippen LogP contribution in [0, 0.1) is 34.5 Å². The van der Waals surface area contributed by atoms with Crippen LogP contribution in [0.15, 0.2) is 0 Å². The van der Waals surface area contributed by atoms with E-state index in [0.29, 0.717) is 17.4 Å². The lowest BCUT2D eigenvalue weighted by molar-refractivity contribution is -0.168. The van der Waals surface area contributed by atoms with Crippen molar-refractivity contribution >= 4 is 0 Å². The van der Waals surface area contributed by atoms with E-state index in [1.807, 2.05) is 7.11 Å². The van der Waals surface area contributed by atoms with Crippen LogP contribution >= 0.6 is 0 Å². The number of fused-ring (bicyclic) bond motifs is 5. The molecule has 0 aromatic heterocycles. The molecule has 3 heteroatoms. The molecule has 0 amide bonds. The Balaban J connectivity index is 1.60. The Morgan fingerprint density at radius 2 is 1.57 bits per heavy atom. The molecule has 3 unspecified atom stereocenters. The minimum absolute atomic E-state index is 0.117. The van der Waals surface area contributed by atoms with Crippen molar-refractivity contribution in [3.63, 3.8) is 0 Å². The van der Waals surface area contributed by atoms with Gasteiger partial charge in [0.15, 0.2) is 0 Å². The molecule has 0 spiro atoms. The summed E-state index contributed by atoms with van der Waals surface area (Å²) in [5, 5.41) is 0. The first-order chi connectivity index (χ1) is 10.8. The molecule has 0 bridgehead atoms. The van der Waals surface area contributed by atoms with Crippen LogP contribution < -0.4 is 0 Å². The highest BCUT2D eigenvalue weighted by Gasteiger charge is 2.61. The topological polar surface area (TPSA) is 9.23 Å². The third kappa shape index (κ3) is 2.24. The van der Waals surface area contributed by atoms with Crippen LogP contribution in [0.2, 0.25) is 0 Å². The van der Waals surface area contributed by atoms with Gasteiger partial charge in [-0.2, -0.15) is 0 Å². The Hall–Kier alpha value is -0.180. The van der Waals surface area contributed by atoms with Gasteiger partial charge in [-0.25, -0.2) is 8.78 Å². The van der Waals surface area contributed by atoms with Crippen LogP contribution in [0.4, 0.5) is 8.78 Å². The molecule has 0 aromatic rings. The molecule has 4 aliphatic rings. The summed E-state index contributed by atoms with van der Waals surface area (Å²) in [6, 6.07) is 0. The highest BCUT2D eigenvalue weighted by atomic mass is 19.3. The summed E-state index contributed by atoms with van der Waals surface area (Å²) in [6.07, 6.45) is 8.56. The quantitative estimate of drug-likeness (QED) is 0.602. The molecular formula is C20H32F2O. The van der Waals surface area contributed by atoms with E-state index in [2.05, 4.69) is 13.8 Å². The van der Waals surface area contributed by atoms with Crippen molar-refractivity contribution in [2.45, 2.75) is 83.7 Å². The Morgan fingerprint density at radius 1 is 0.826 bits per heavy atom. The summed E-state index contributed by atoms with van der Waals surface area (Å²) in [5.74, 6) is 0.0186. The predicted molar refractivity (Wildman–Crippen MR) is 87.5 cm³/mol. The van der Waals surface area contributed by atoms with Gasteiger partial charge in [0, 0.05) is 20.0 Å². The van der Waals surface area contributed by atoms with Crippen LogP contribution in [-0.4, -0.2) is 19.1 Å². The molecule has 0 aliphatic heterocycles. The Morgan fingerprint density at radius 3 is 2.30 bits per heavy atom. The fraction of sp³-hybridized carbons (Fsp3) is 1.00. The molecule has 0 aromatic carbocycles. The second-order valence-electron chi connectivity index (χ2n) is 9.56. The van der Waals surface area contributed by atoms with Crippen molar-refractivity contribution in [3.05, 3.63) is 0 Å². The standard InChI is InChI=1S/C20H32F2O/c1-18-10-11-20(21,22)12-13(18)4-5-14-15-6-7-17(23-3)19(15,2)9-8-16(14)18/h13-17H,4-12H2,1-3H3/t13?,14-,15?,16?,17-,18-,19-/m0/s1. The first-order valence-corrected chi connectivity index (χ1v) is 9.71. The maximum atomic E-state index is 13.9. The number of hydrogen-bond acceptors (Lipinski definition) is 1. The molecule has 0 heterocycles. The largest absolute Gasteiger partial charge is 0.381 e. The molecule has 23 heavy (non-hydrogen) atoms. The number of rotatable bonds is 1. The van der Waals surface area contributed by atoms with Gasteiger partial charge in [0.05, 0.1) is 6.10 Å². The van der Waals surface area contributed by atoms with Gasteiger partial charge in [-0.05, 0) is 79.4 Å². The Labute approximate surface area is 139 Å². The van der Waals surface area contributed by atoms with Crippen LogP contribution in [0.1, 0.15) is 71.6 Å². The third-order valence-electron chi connectivity index (χ3n) is 8.84. The number of ether oxygens (including phenoxy) is 1. The minimum atomic E-state index is -2.41. The summed E-state index contributed by atoms with van der Waals surface area (Å²) in [6.45, 7) is 4.80. The van der Waals surface area contributed by atoms with Gasteiger partial charge in [-0.3, -0.25) is 0 Å². The van der Waals surface area contributed by atoms with Crippen LogP contribution in [-0.2, 0) is 4.74 Å². The van der Waals surface area contributed by atoms with Crippen LogP contribution in [0.3, 0.4) is 0 Å². The summed E-state index contributed by atoms with van der Waals surface area (Å²) in [7, 11) is 1.87. The average molecular weight is 326 g/mol. The molecule has 132 valence electrons. The van der Waals surface area contributed by atoms with Gasteiger partial charge in [0.2, 0.25) is 5.92 Å². The fourth-order valence-corrected chi connectivity index (χ4v) is 7.51. The van der Waals surface area contributed by atoms with Gasteiger partial charge in [0.1, 0.15) is 0 Å². The number of methoxy groups -OCH3 is 1. The minimum Gasteiger partial charge on any atom is -0.381 e. The summed E-state index contributed by atoms with van der Waals surface area (Å²) in [5.41, 5.74) is 0.495. The smallest absolute Gasteiger partial charge is 0.248 e. The highest BCUT2D eigenvalue weighted by molar-refractivity contribution is 5.10. The lowest BCUT2D eigenvalue weighted by Crippen LogP contribution is -2.55. The van der Waals surface area contributed by atoms with Gasteiger partial charge >= 0.3 is 0 Å². The van der Waals surface area contributed by atoms with Crippen molar-refractivity contribution in [2.24, 2.45) is 34.5 Å². The van der Waals surface area contributed by atoms with Crippen molar-refractivity contribution < 1.29 is 13.5 Å². The summed E-state index contributed by atoms with van der Waals surface area (Å²) in [4.78, 5) is 0. The van der Waals surface area contributed by atoms with E-state index in [9.17, 15) is 8.78 Å². The van der Waals surface area contributed by atoms with Gasteiger partial charge < -0.3 is 4.74 Å². The van der Waals surface area contributed by atoms with Crippen LogP contribution in [0.25, 0.3) is 0 Å². The molecule has 1 nitrogen and oxygen atoms in total.